The first kappa shape index (κ1) is 30.4. The molecule has 0 spiro atoms. The Morgan fingerprint density at radius 3 is 2.69 bits per heavy atom. The van der Waals surface area contributed by atoms with Gasteiger partial charge >= 0.3 is 5.97 Å². The number of nitrogens with two attached hydrogens (primary N) is 2. The fourth-order valence-corrected chi connectivity index (χ4v) is 7.74. The van der Waals surface area contributed by atoms with Gasteiger partial charge in [-0.25, -0.2) is 4.79 Å². The summed E-state index contributed by atoms with van der Waals surface area (Å²) >= 11 is 0. The van der Waals surface area contributed by atoms with E-state index in [0.717, 1.165) is 70.8 Å². The molecular weight excluding hydrogens is 492 g/mol. The Labute approximate surface area is 235 Å². The van der Waals surface area contributed by atoms with Crippen LogP contribution in [0, 0.1) is 29.6 Å². The number of piperidine rings is 1. The monoisotopic (exact) mass is 545 g/mol. The third kappa shape index (κ3) is 6.20. The van der Waals surface area contributed by atoms with Crippen LogP contribution >= 0.6 is 0 Å². The number of hydrogen-bond donors (Lipinski definition) is 2. The Kier molecular flexibility index (Phi) is 10.1. The number of Topliss-reactive ketones (excluding diaryl/α,β-unsaturated/α-hetero) is 2. The molecule has 4 fully saturated rings. The molecule has 4 N–H and O–H groups in total. The minimum Gasteiger partial charge on any atom is -0.463 e. The van der Waals surface area contributed by atoms with E-state index in [-0.39, 0.29) is 42.6 Å². The van der Waals surface area contributed by atoms with Crippen LogP contribution < -0.4 is 11.1 Å². The van der Waals surface area contributed by atoms with Crippen LogP contribution in [0.15, 0.2) is 11.6 Å². The van der Waals surface area contributed by atoms with Crippen molar-refractivity contribution in [2.24, 2.45) is 35.3 Å². The first-order valence-corrected chi connectivity index (χ1v) is 15.9. The summed E-state index contributed by atoms with van der Waals surface area (Å²) in [7, 11) is 0. The number of esters is 1. The topological polar surface area (TPSA) is 116 Å². The predicted molar refractivity (Wildman–Crippen MR) is 151 cm³/mol. The number of ketones is 2. The van der Waals surface area contributed by atoms with Crippen LogP contribution in [0.2, 0.25) is 0 Å². The fraction of sp³-hybridized carbons (Fsp3) is 0.844. The molecule has 0 aromatic heterocycles. The van der Waals surface area contributed by atoms with Gasteiger partial charge in [-0.1, -0.05) is 58.1 Å². The molecule has 4 aliphatic rings. The zero-order valence-corrected chi connectivity index (χ0v) is 24.8. The number of hydrogen-bond acceptors (Lipinski definition) is 6. The van der Waals surface area contributed by atoms with Crippen LogP contribution in [-0.4, -0.2) is 48.1 Å². The van der Waals surface area contributed by atoms with E-state index in [0.29, 0.717) is 18.3 Å². The Hall–Kier alpha value is -1.57. The molecule has 2 heterocycles. The standard InChI is InChI=1S/C32H52N2O5/c1-5-6-7-8-18-38-30(37)32-29(36)27-24(19-21(2)3)10-9-11-25(27)28(35)31(32,39-32)16-14-22(4)12-13-23-15-17-34-26(33)20-23/h14,21,23-27,34H,5-13,15-20,33H2,1-4H3/p+1/t23?,24?,25?,26?,27?,31-,32-/m0/s1. The summed E-state index contributed by atoms with van der Waals surface area (Å²) in [5, 5.41) is 2.21. The van der Waals surface area contributed by atoms with Gasteiger partial charge in [-0.2, -0.15) is 0 Å². The van der Waals surface area contributed by atoms with Crippen LogP contribution in [0.5, 0.6) is 0 Å². The van der Waals surface area contributed by atoms with Crippen molar-refractivity contribution in [1.29, 1.82) is 0 Å². The lowest BCUT2D eigenvalue weighted by atomic mass is 9.57. The van der Waals surface area contributed by atoms with Gasteiger partial charge in [-0.3, -0.25) is 15.3 Å². The molecule has 0 aromatic carbocycles. The molecule has 2 saturated carbocycles. The van der Waals surface area contributed by atoms with Crippen LogP contribution in [0.1, 0.15) is 111 Å². The SMILES string of the molecule is CCCCCCOC(=O)[C@]12O[C@@]1(CC=C(C)CCC1CC[NH2+]C(N)C1)C(=O)C1CCCC(CC(C)C)C1C2=O. The number of ether oxygens (including phenoxy) is 2. The predicted octanol–water partition coefficient (Wildman–Crippen LogP) is 4.22. The van der Waals surface area contributed by atoms with Gasteiger partial charge in [0.25, 0.3) is 5.60 Å². The van der Waals surface area contributed by atoms with Crippen molar-refractivity contribution in [3.63, 3.8) is 0 Å². The van der Waals surface area contributed by atoms with Crippen molar-refractivity contribution < 1.29 is 29.2 Å². The number of rotatable bonds is 13. The number of allylic oxidation sites excluding steroid dienone is 1. The second-order valence-electron chi connectivity index (χ2n) is 13.4. The first-order valence-electron chi connectivity index (χ1n) is 15.9. The van der Waals surface area contributed by atoms with Gasteiger partial charge in [0, 0.05) is 24.7 Å². The number of carbonyl (C=O) groups is 3. The number of unbranched alkanes of at least 4 members (excludes halogenated alkanes) is 3. The quantitative estimate of drug-likeness (QED) is 0.118. The average molecular weight is 546 g/mol. The van der Waals surface area contributed by atoms with Gasteiger partial charge in [-0.05, 0) is 69.6 Å². The molecule has 5 unspecified atom stereocenters. The van der Waals surface area contributed by atoms with E-state index in [9.17, 15) is 14.4 Å². The summed E-state index contributed by atoms with van der Waals surface area (Å²) in [6, 6.07) is 0. The molecule has 0 radical (unpaired) electrons. The molecule has 0 bridgehead atoms. The minimum absolute atomic E-state index is 0.0404. The number of epoxide rings is 1. The molecule has 0 amide bonds. The van der Waals surface area contributed by atoms with Crippen LogP contribution in [0.4, 0.5) is 0 Å². The van der Waals surface area contributed by atoms with Gasteiger partial charge in [0.05, 0.1) is 13.2 Å². The van der Waals surface area contributed by atoms with Crippen molar-refractivity contribution >= 4 is 17.5 Å². The number of carbonyl (C=O) groups excluding carboxylic acids is 3. The second-order valence-corrected chi connectivity index (χ2v) is 13.4. The van der Waals surface area contributed by atoms with E-state index in [4.69, 9.17) is 15.2 Å². The first-order chi connectivity index (χ1) is 18.7. The molecule has 7 nitrogen and oxygen atoms in total. The van der Waals surface area contributed by atoms with Crippen molar-refractivity contribution in [1.82, 2.24) is 0 Å². The van der Waals surface area contributed by atoms with Gasteiger partial charge in [-0.15, -0.1) is 0 Å². The van der Waals surface area contributed by atoms with Crippen LogP contribution in [0.25, 0.3) is 0 Å². The molecule has 0 aromatic rings. The number of quaternary nitrogens is 1. The summed E-state index contributed by atoms with van der Waals surface area (Å²) in [6.07, 6.45) is 14.1. The maximum Gasteiger partial charge on any atom is 0.349 e. The molecule has 2 aliphatic carbocycles. The normalized spacial score (nSPS) is 36.5. The van der Waals surface area contributed by atoms with E-state index in [1.807, 2.05) is 6.08 Å². The lowest BCUT2D eigenvalue weighted by Crippen LogP contribution is -2.94. The van der Waals surface area contributed by atoms with Crippen molar-refractivity contribution in [2.75, 3.05) is 13.2 Å². The lowest BCUT2D eigenvalue weighted by Gasteiger charge is -2.42. The highest BCUT2D eigenvalue weighted by molar-refractivity contribution is 6.23. The highest BCUT2D eigenvalue weighted by Crippen LogP contribution is 2.62. The van der Waals surface area contributed by atoms with E-state index in [1.165, 1.54) is 12.0 Å². The Bertz CT molecular complexity index is 932. The molecule has 7 heteroatoms. The third-order valence-corrected chi connectivity index (χ3v) is 9.90. The summed E-state index contributed by atoms with van der Waals surface area (Å²) in [4.78, 5) is 42.0. The summed E-state index contributed by atoms with van der Waals surface area (Å²) in [6.45, 7) is 9.87. The summed E-state index contributed by atoms with van der Waals surface area (Å²) in [5.41, 5.74) is 4.15. The van der Waals surface area contributed by atoms with E-state index in [2.05, 4.69) is 33.0 Å². The zero-order chi connectivity index (χ0) is 28.2. The highest BCUT2D eigenvalue weighted by atomic mass is 16.7. The Morgan fingerprint density at radius 2 is 1.97 bits per heavy atom. The minimum atomic E-state index is -1.76. The van der Waals surface area contributed by atoms with E-state index < -0.39 is 23.1 Å². The molecule has 39 heavy (non-hydrogen) atoms. The average Bonchev–Trinajstić information content (AvgIpc) is 3.61. The second kappa shape index (κ2) is 12.9. The molecule has 4 rings (SSSR count). The van der Waals surface area contributed by atoms with Crippen molar-refractivity contribution in [3.05, 3.63) is 11.6 Å². The van der Waals surface area contributed by atoms with Crippen molar-refractivity contribution in [2.45, 2.75) is 129 Å². The zero-order valence-electron chi connectivity index (χ0n) is 24.8. The van der Waals surface area contributed by atoms with Gasteiger partial charge in [0.15, 0.2) is 17.2 Å². The molecule has 220 valence electrons. The molecule has 2 saturated heterocycles. The lowest BCUT2D eigenvalue weighted by molar-refractivity contribution is -0.699. The number of fused-ring (bicyclic) bond motifs is 2. The maximum atomic E-state index is 14.2. The summed E-state index contributed by atoms with van der Waals surface area (Å²) in [5.74, 6) is -0.491. The molecule has 7 atom stereocenters. The Balaban J connectivity index is 1.52. The van der Waals surface area contributed by atoms with Crippen LogP contribution in [-0.2, 0) is 23.9 Å². The smallest absolute Gasteiger partial charge is 0.349 e. The van der Waals surface area contributed by atoms with Crippen molar-refractivity contribution in [3.8, 4) is 0 Å². The fourth-order valence-electron chi connectivity index (χ4n) is 7.74. The van der Waals surface area contributed by atoms with E-state index >= 15 is 0 Å². The molecular formula is C32H53N2O5+. The highest BCUT2D eigenvalue weighted by Gasteiger charge is 2.87. The maximum absolute atomic E-state index is 14.2. The van der Waals surface area contributed by atoms with Crippen LogP contribution in [0.3, 0.4) is 0 Å². The summed E-state index contributed by atoms with van der Waals surface area (Å²) < 4.78 is 11.9. The largest absolute Gasteiger partial charge is 0.463 e. The van der Waals surface area contributed by atoms with Gasteiger partial charge in [0.2, 0.25) is 0 Å². The van der Waals surface area contributed by atoms with E-state index in [1.54, 1.807) is 0 Å². The molecule has 2 aliphatic heterocycles. The van der Waals surface area contributed by atoms with Gasteiger partial charge in [0.1, 0.15) is 6.17 Å². The van der Waals surface area contributed by atoms with Gasteiger partial charge < -0.3 is 14.8 Å². The Morgan fingerprint density at radius 1 is 1.18 bits per heavy atom. The third-order valence-electron chi connectivity index (χ3n) is 9.90.